The molecule has 7 rings (SSSR count). The van der Waals surface area contributed by atoms with Gasteiger partial charge in [-0.1, -0.05) is 66.7 Å². The third kappa shape index (κ3) is 9.98. The fourth-order valence-electron chi connectivity index (χ4n) is 7.48. The first kappa shape index (κ1) is 37.8. The highest BCUT2D eigenvalue weighted by molar-refractivity contribution is 5.92. The van der Waals surface area contributed by atoms with Gasteiger partial charge in [0.05, 0.1) is 12.4 Å². The van der Waals surface area contributed by atoms with Crippen LogP contribution in [0.25, 0.3) is 22.6 Å². The van der Waals surface area contributed by atoms with Crippen molar-refractivity contribution in [1.82, 2.24) is 29.6 Å². The molecule has 54 heavy (non-hydrogen) atoms. The Labute approximate surface area is 322 Å². The van der Waals surface area contributed by atoms with Crippen LogP contribution in [0.5, 0.6) is 0 Å². The highest BCUT2D eigenvalue weighted by Crippen LogP contribution is 2.44. The van der Waals surface area contributed by atoms with Crippen LogP contribution in [0.2, 0.25) is 0 Å². The van der Waals surface area contributed by atoms with Crippen molar-refractivity contribution in [2.75, 3.05) is 116 Å². The van der Waals surface area contributed by atoms with E-state index in [1.165, 1.54) is 78.3 Å². The second kappa shape index (κ2) is 18.7. The molecule has 0 bridgehead atoms. The van der Waals surface area contributed by atoms with E-state index in [2.05, 4.69) is 129 Å². The molecule has 4 aromatic rings. The van der Waals surface area contributed by atoms with Gasteiger partial charge in [0.25, 0.3) is 0 Å². The van der Waals surface area contributed by atoms with Gasteiger partial charge in [-0.2, -0.15) is 0 Å². The van der Waals surface area contributed by atoms with Crippen molar-refractivity contribution in [2.24, 2.45) is 9.98 Å². The van der Waals surface area contributed by atoms with E-state index < -0.39 is 0 Å². The van der Waals surface area contributed by atoms with Crippen LogP contribution in [-0.2, 0) is 0 Å². The molecule has 10 nitrogen and oxygen atoms in total. The molecule has 0 atom stereocenters. The lowest BCUT2D eigenvalue weighted by Crippen LogP contribution is -2.44. The number of fused-ring (bicyclic) bond motifs is 1. The van der Waals surface area contributed by atoms with Gasteiger partial charge in [-0.25, -0.2) is 9.97 Å². The quantitative estimate of drug-likeness (QED) is 0.105. The second-order valence-electron chi connectivity index (χ2n) is 15.2. The van der Waals surface area contributed by atoms with Crippen LogP contribution >= 0.6 is 0 Å². The Kier molecular flexibility index (Phi) is 13.1. The fraction of sp³-hybridized carbons (Fsp3) is 0.455. The lowest BCUT2D eigenvalue weighted by molar-refractivity contribution is 0.152. The molecule has 2 saturated heterocycles. The zero-order chi connectivity index (χ0) is 37.1. The fourth-order valence-corrected chi connectivity index (χ4v) is 7.48. The molecule has 1 aromatic heterocycles. The summed E-state index contributed by atoms with van der Waals surface area (Å²) < 4.78 is 0. The molecule has 0 aliphatic carbocycles. The maximum Gasteiger partial charge on any atom is 0.163 e. The lowest BCUT2D eigenvalue weighted by Gasteiger charge is -2.32. The number of para-hydroxylation sites is 1. The second-order valence-corrected chi connectivity index (χ2v) is 15.2. The number of unbranched alkanes of at least 4 members (excludes halogenated alkanes) is 2. The van der Waals surface area contributed by atoms with Crippen LogP contribution in [-0.4, -0.2) is 148 Å². The highest BCUT2D eigenvalue weighted by atomic mass is 15.4. The van der Waals surface area contributed by atoms with Crippen LogP contribution in [0, 0.1) is 0 Å². The molecule has 2 fully saturated rings. The summed E-state index contributed by atoms with van der Waals surface area (Å²) in [7, 11) is 6.55. The molecule has 0 N–H and O–H groups in total. The zero-order valence-corrected chi connectivity index (χ0v) is 32.7. The van der Waals surface area contributed by atoms with Crippen LogP contribution < -0.4 is 9.80 Å². The Morgan fingerprint density at radius 1 is 0.574 bits per heavy atom. The van der Waals surface area contributed by atoms with Crippen molar-refractivity contribution < 1.29 is 0 Å². The third-order valence-electron chi connectivity index (χ3n) is 11.0. The standard InChI is InChI=1S/C44H58N10/c1-49-25-29-52(30-26-49)23-9-7-21-45-33-36-13-17-38(18-14-36)41-42-44(54(35-51(42)3)40-11-5-4-6-12-40)48-43(47-41)39-19-15-37(16-20-39)34-46-22-8-10-24-53-31-27-50(2)28-32-53/h4-6,11-20,33-34H,7-10,21-32,35H2,1-3H3. The van der Waals surface area contributed by atoms with E-state index >= 15 is 0 Å². The van der Waals surface area contributed by atoms with E-state index in [0.29, 0.717) is 6.67 Å². The lowest BCUT2D eigenvalue weighted by atomic mass is 10.1. The summed E-state index contributed by atoms with van der Waals surface area (Å²) >= 11 is 0. The van der Waals surface area contributed by atoms with Gasteiger partial charge < -0.3 is 29.4 Å². The number of rotatable bonds is 15. The molecule has 284 valence electrons. The maximum atomic E-state index is 5.24. The molecule has 3 aliphatic heterocycles. The minimum Gasteiger partial charge on any atom is -0.352 e. The van der Waals surface area contributed by atoms with E-state index in [1.807, 2.05) is 12.4 Å². The summed E-state index contributed by atoms with van der Waals surface area (Å²) in [6, 6.07) is 27.7. The summed E-state index contributed by atoms with van der Waals surface area (Å²) in [4.78, 5) is 34.5. The molecular weight excluding hydrogens is 669 g/mol. The normalized spacial score (nSPS) is 17.7. The Morgan fingerprint density at radius 3 is 1.63 bits per heavy atom. The van der Waals surface area contributed by atoms with Crippen molar-refractivity contribution in [2.45, 2.75) is 25.7 Å². The number of piperazine rings is 2. The molecule has 0 amide bonds. The van der Waals surface area contributed by atoms with Gasteiger partial charge >= 0.3 is 0 Å². The molecule has 0 spiro atoms. The summed E-state index contributed by atoms with van der Waals surface area (Å²) in [5, 5.41) is 0. The first-order valence-corrected chi connectivity index (χ1v) is 20.0. The van der Waals surface area contributed by atoms with Gasteiger partial charge in [-0.05, 0) is 76.1 Å². The van der Waals surface area contributed by atoms with E-state index in [1.54, 1.807) is 0 Å². The maximum absolute atomic E-state index is 5.24. The number of benzene rings is 3. The van der Waals surface area contributed by atoms with Crippen LogP contribution in [0.3, 0.4) is 0 Å². The first-order chi connectivity index (χ1) is 26.5. The SMILES string of the molecule is CN1CCN(CCCCN=Cc2ccc(-c3nc(-c4ccc(C=NCCCCN5CCN(C)CC5)cc4)c4c(n3)N(c3ccccc3)CN4C)cc2)CC1. The molecule has 3 aliphatic rings. The van der Waals surface area contributed by atoms with Gasteiger partial charge in [0.1, 0.15) is 5.69 Å². The smallest absolute Gasteiger partial charge is 0.163 e. The van der Waals surface area contributed by atoms with Gasteiger partial charge in [0, 0.05) is 102 Å². The molecule has 0 saturated carbocycles. The molecule has 0 unspecified atom stereocenters. The summed E-state index contributed by atoms with van der Waals surface area (Å²) in [6.07, 6.45) is 8.64. The number of nitrogens with zero attached hydrogens (tertiary/aromatic N) is 10. The van der Waals surface area contributed by atoms with Gasteiger partial charge in [-0.15, -0.1) is 0 Å². The third-order valence-corrected chi connectivity index (χ3v) is 11.0. The molecule has 0 radical (unpaired) electrons. The van der Waals surface area contributed by atoms with E-state index in [-0.39, 0.29) is 0 Å². The minimum atomic E-state index is 0.703. The number of anilines is 3. The molecule has 4 heterocycles. The van der Waals surface area contributed by atoms with Crippen LogP contribution in [0.4, 0.5) is 17.2 Å². The van der Waals surface area contributed by atoms with Crippen molar-refractivity contribution in [3.63, 3.8) is 0 Å². The molecule has 3 aromatic carbocycles. The number of hydrogen-bond acceptors (Lipinski definition) is 10. The van der Waals surface area contributed by atoms with E-state index in [0.717, 1.165) is 76.9 Å². The number of aliphatic imine (C=N–C) groups is 2. The Morgan fingerprint density at radius 2 is 1.09 bits per heavy atom. The molecule has 10 heteroatoms. The predicted octanol–water partition coefficient (Wildman–Crippen LogP) is 6.25. The van der Waals surface area contributed by atoms with Gasteiger partial charge in [0.2, 0.25) is 0 Å². The van der Waals surface area contributed by atoms with Crippen molar-refractivity contribution in [1.29, 1.82) is 0 Å². The van der Waals surface area contributed by atoms with Crippen molar-refractivity contribution in [3.05, 3.63) is 90.0 Å². The van der Waals surface area contributed by atoms with Crippen molar-refractivity contribution in [3.8, 4) is 22.6 Å². The zero-order valence-electron chi connectivity index (χ0n) is 32.7. The Balaban J connectivity index is 1.02. The summed E-state index contributed by atoms with van der Waals surface area (Å²) in [5.41, 5.74) is 7.35. The molecular formula is C44H58N10. The largest absolute Gasteiger partial charge is 0.352 e. The van der Waals surface area contributed by atoms with Crippen molar-refractivity contribution >= 4 is 29.6 Å². The highest BCUT2D eigenvalue weighted by Gasteiger charge is 2.31. The predicted molar refractivity (Wildman–Crippen MR) is 226 cm³/mol. The van der Waals surface area contributed by atoms with Gasteiger partial charge in [0.15, 0.2) is 11.6 Å². The average molecular weight is 727 g/mol. The first-order valence-electron chi connectivity index (χ1n) is 20.0. The number of aromatic nitrogens is 2. The van der Waals surface area contributed by atoms with Crippen LogP contribution in [0.15, 0.2) is 88.8 Å². The topological polar surface area (TPSA) is 69.9 Å². The number of hydrogen-bond donors (Lipinski definition) is 0. The van der Waals surface area contributed by atoms with Gasteiger partial charge in [-0.3, -0.25) is 9.98 Å². The summed E-state index contributed by atoms with van der Waals surface area (Å²) in [5.74, 6) is 1.64. The van der Waals surface area contributed by atoms with Crippen LogP contribution in [0.1, 0.15) is 36.8 Å². The van der Waals surface area contributed by atoms with E-state index in [4.69, 9.17) is 20.0 Å². The monoisotopic (exact) mass is 726 g/mol. The van der Waals surface area contributed by atoms with E-state index in [9.17, 15) is 0 Å². The number of likely N-dealkylation sites (N-methyl/N-ethyl adjacent to an activating group) is 2. The Bertz CT molecular complexity index is 1810. The Hall–Kier alpha value is -4.48. The average Bonchev–Trinajstić information content (AvgIpc) is 3.55. The summed E-state index contributed by atoms with van der Waals surface area (Å²) in [6.45, 7) is 14.2. The minimum absolute atomic E-state index is 0.703.